The van der Waals surface area contributed by atoms with Gasteiger partial charge in [-0.05, 0) is 25.2 Å². The summed E-state index contributed by atoms with van der Waals surface area (Å²) in [5.74, 6) is 0.846. The first-order valence-electron chi connectivity index (χ1n) is 6.14. The molecule has 0 spiro atoms. The van der Waals surface area contributed by atoms with Gasteiger partial charge in [0.15, 0.2) is 0 Å². The molecule has 0 amide bonds. The van der Waals surface area contributed by atoms with Crippen LogP contribution in [0.15, 0.2) is 0 Å². The van der Waals surface area contributed by atoms with Crippen LogP contribution in [0.3, 0.4) is 0 Å². The fourth-order valence-corrected chi connectivity index (χ4v) is 2.17. The van der Waals surface area contributed by atoms with E-state index in [0.717, 1.165) is 44.7 Å². The summed E-state index contributed by atoms with van der Waals surface area (Å²) >= 11 is 0. The molecule has 0 bridgehead atoms. The first-order chi connectivity index (χ1) is 7.34. The summed E-state index contributed by atoms with van der Waals surface area (Å²) in [7, 11) is 1.73. The van der Waals surface area contributed by atoms with E-state index >= 15 is 0 Å². The van der Waals surface area contributed by atoms with Gasteiger partial charge in [-0.1, -0.05) is 13.3 Å². The van der Waals surface area contributed by atoms with E-state index in [2.05, 4.69) is 12.2 Å². The Labute approximate surface area is 93.5 Å². The molecule has 1 aliphatic rings. The Morgan fingerprint density at radius 3 is 2.73 bits per heavy atom. The smallest absolute Gasteiger partial charge is 0.0591 e. The number of ether oxygens (including phenoxy) is 2. The molecule has 1 saturated carbocycles. The van der Waals surface area contributed by atoms with E-state index in [1.165, 1.54) is 19.3 Å². The fraction of sp³-hybridized carbons (Fsp3) is 1.00. The maximum absolute atomic E-state index is 5.49. The van der Waals surface area contributed by atoms with Crippen molar-refractivity contribution in [2.75, 3.05) is 33.5 Å². The van der Waals surface area contributed by atoms with Crippen LogP contribution in [0, 0.1) is 5.92 Å². The van der Waals surface area contributed by atoms with E-state index in [4.69, 9.17) is 9.47 Å². The first kappa shape index (κ1) is 12.9. The summed E-state index contributed by atoms with van der Waals surface area (Å²) in [5.41, 5.74) is 0. The average molecular weight is 215 g/mol. The van der Waals surface area contributed by atoms with Gasteiger partial charge in [0.05, 0.1) is 6.61 Å². The molecule has 1 rings (SSSR count). The molecule has 2 atom stereocenters. The minimum atomic E-state index is 0.729. The van der Waals surface area contributed by atoms with Gasteiger partial charge in [0.1, 0.15) is 0 Å². The van der Waals surface area contributed by atoms with Crippen LogP contribution in [-0.4, -0.2) is 39.5 Å². The Morgan fingerprint density at radius 1 is 1.20 bits per heavy atom. The lowest BCUT2D eigenvalue weighted by Gasteiger charge is -2.17. The lowest BCUT2D eigenvalue weighted by atomic mass is 10.1. The van der Waals surface area contributed by atoms with Gasteiger partial charge in [0.25, 0.3) is 0 Å². The predicted molar refractivity (Wildman–Crippen MR) is 62.1 cm³/mol. The highest BCUT2D eigenvalue weighted by Crippen LogP contribution is 2.24. The molecule has 90 valence electrons. The number of hydrogen-bond donors (Lipinski definition) is 1. The highest BCUT2D eigenvalue weighted by atomic mass is 16.5. The van der Waals surface area contributed by atoms with Crippen LogP contribution < -0.4 is 5.32 Å². The predicted octanol–water partition coefficient (Wildman–Crippen LogP) is 1.82. The molecule has 0 aromatic carbocycles. The van der Waals surface area contributed by atoms with Gasteiger partial charge in [-0.25, -0.2) is 0 Å². The van der Waals surface area contributed by atoms with Crippen LogP contribution in [0.25, 0.3) is 0 Å². The third-order valence-electron chi connectivity index (χ3n) is 3.15. The molecule has 1 aliphatic carbocycles. The summed E-state index contributed by atoms with van der Waals surface area (Å²) in [6, 6.07) is 0.729. The fourth-order valence-electron chi connectivity index (χ4n) is 2.17. The Balaban J connectivity index is 1.84. The molecule has 15 heavy (non-hydrogen) atoms. The summed E-state index contributed by atoms with van der Waals surface area (Å²) < 4.78 is 10.4. The second kappa shape index (κ2) is 8.08. The topological polar surface area (TPSA) is 30.5 Å². The van der Waals surface area contributed by atoms with E-state index in [1.807, 2.05) is 0 Å². The standard InChI is InChI=1S/C12H25NO2/c1-11-5-3-6-12(11)13-7-10-15-9-4-8-14-2/h11-13H,3-10H2,1-2H3. The molecule has 1 fully saturated rings. The van der Waals surface area contributed by atoms with Crippen molar-refractivity contribution in [3.8, 4) is 0 Å². The Hall–Kier alpha value is -0.120. The van der Waals surface area contributed by atoms with Crippen LogP contribution >= 0.6 is 0 Å². The highest BCUT2D eigenvalue weighted by molar-refractivity contribution is 4.79. The third-order valence-corrected chi connectivity index (χ3v) is 3.15. The van der Waals surface area contributed by atoms with Crippen LogP contribution in [0.5, 0.6) is 0 Å². The van der Waals surface area contributed by atoms with Crippen LogP contribution in [-0.2, 0) is 9.47 Å². The molecule has 0 saturated heterocycles. The van der Waals surface area contributed by atoms with Crippen LogP contribution in [0.1, 0.15) is 32.6 Å². The maximum atomic E-state index is 5.49. The summed E-state index contributed by atoms with van der Waals surface area (Å²) in [6.45, 7) is 5.77. The second-order valence-corrected chi connectivity index (χ2v) is 4.43. The van der Waals surface area contributed by atoms with Gasteiger partial charge < -0.3 is 14.8 Å². The number of hydrogen-bond acceptors (Lipinski definition) is 3. The molecule has 0 heterocycles. The zero-order chi connectivity index (χ0) is 10.9. The van der Waals surface area contributed by atoms with E-state index in [1.54, 1.807) is 7.11 Å². The SMILES string of the molecule is COCCCOCCNC1CCCC1C. The Kier molecular flexibility index (Phi) is 6.98. The van der Waals surface area contributed by atoms with E-state index in [-0.39, 0.29) is 0 Å². The van der Waals surface area contributed by atoms with Crippen molar-refractivity contribution >= 4 is 0 Å². The van der Waals surface area contributed by atoms with E-state index < -0.39 is 0 Å². The quantitative estimate of drug-likeness (QED) is 0.626. The van der Waals surface area contributed by atoms with Gasteiger partial charge in [-0.3, -0.25) is 0 Å². The van der Waals surface area contributed by atoms with Crippen molar-refractivity contribution < 1.29 is 9.47 Å². The van der Waals surface area contributed by atoms with Crippen molar-refractivity contribution in [1.82, 2.24) is 5.32 Å². The average Bonchev–Trinajstić information content (AvgIpc) is 2.63. The number of methoxy groups -OCH3 is 1. The minimum Gasteiger partial charge on any atom is -0.385 e. The molecular weight excluding hydrogens is 190 g/mol. The Bertz CT molecular complexity index is 153. The zero-order valence-corrected chi connectivity index (χ0v) is 10.1. The Morgan fingerprint density at radius 2 is 2.07 bits per heavy atom. The van der Waals surface area contributed by atoms with Gasteiger partial charge in [0.2, 0.25) is 0 Å². The normalized spacial score (nSPS) is 26.0. The summed E-state index contributed by atoms with van der Waals surface area (Å²) in [6.07, 6.45) is 5.10. The third kappa shape index (κ3) is 5.50. The molecule has 2 unspecified atom stereocenters. The van der Waals surface area contributed by atoms with Gasteiger partial charge >= 0.3 is 0 Å². The van der Waals surface area contributed by atoms with Crippen molar-refractivity contribution in [3.05, 3.63) is 0 Å². The van der Waals surface area contributed by atoms with Crippen molar-refractivity contribution in [2.45, 2.75) is 38.6 Å². The number of nitrogens with one attached hydrogen (secondary N) is 1. The zero-order valence-electron chi connectivity index (χ0n) is 10.1. The lowest BCUT2D eigenvalue weighted by molar-refractivity contribution is 0.102. The van der Waals surface area contributed by atoms with Crippen molar-refractivity contribution in [3.63, 3.8) is 0 Å². The largest absolute Gasteiger partial charge is 0.385 e. The molecule has 1 N–H and O–H groups in total. The van der Waals surface area contributed by atoms with Crippen LogP contribution in [0.4, 0.5) is 0 Å². The van der Waals surface area contributed by atoms with Gasteiger partial charge in [0, 0.05) is 32.9 Å². The molecule has 0 aromatic rings. The molecule has 0 aromatic heterocycles. The highest BCUT2D eigenvalue weighted by Gasteiger charge is 2.21. The monoisotopic (exact) mass is 215 g/mol. The van der Waals surface area contributed by atoms with Crippen molar-refractivity contribution in [1.29, 1.82) is 0 Å². The molecule has 0 aliphatic heterocycles. The maximum Gasteiger partial charge on any atom is 0.0591 e. The van der Waals surface area contributed by atoms with Gasteiger partial charge in [-0.15, -0.1) is 0 Å². The first-order valence-corrected chi connectivity index (χ1v) is 6.14. The van der Waals surface area contributed by atoms with Crippen molar-refractivity contribution in [2.24, 2.45) is 5.92 Å². The lowest BCUT2D eigenvalue weighted by Crippen LogP contribution is -2.33. The van der Waals surface area contributed by atoms with Gasteiger partial charge in [-0.2, -0.15) is 0 Å². The number of rotatable bonds is 8. The molecule has 3 nitrogen and oxygen atoms in total. The summed E-state index contributed by atoms with van der Waals surface area (Å²) in [4.78, 5) is 0. The van der Waals surface area contributed by atoms with E-state index in [0.29, 0.717) is 0 Å². The minimum absolute atomic E-state index is 0.729. The van der Waals surface area contributed by atoms with Crippen LogP contribution in [0.2, 0.25) is 0 Å². The second-order valence-electron chi connectivity index (χ2n) is 4.43. The summed E-state index contributed by atoms with van der Waals surface area (Å²) in [5, 5.41) is 3.57. The molecular formula is C12H25NO2. The molecule has 0 radical (unpaired) electrons. The van der Waals surface area contributed by atoms with E-state index in [9.17, 15) is 0 Å². The molecule has 3 heteroatoms.